The Balaban J connectivity index is 1.02. The fourth-order valence-corrected chi connectivity index (χ4v) is 15.2. The summed E-state index contributed by atoms with van der Waals surface area (Å²) < 4.78 is 0. The minimum absolute atomic E-state index is 0.988. The number of fused-ring (bicyclic) bond motifs is 12. The van der Waals surface area contributed by atoms with Crippen LogP contribution in [0.3, 0.4) is 0 Å². The third-order valence-electron chi connectivity index (χ3n) is 18.3. The molecule has 0 saturated heterocycles. The lowest BCUT2D eigenvalue weighted by Crippen LogP contribution is -2.00. The molecule has 11 aromatic rings. The van der Waals surface area contributed by atoms with E-state index in [-0.39, 0.29) is 0 Å². The summed E-state index contributed by atoms with van der Waals surface area (Å²) in [6.07, 6.45) is 8.24. The molecule has 4 aliphatic carbocycles. The average Bonchev–Trinajstić information content (AvgIpc) is 4.11. The van der Waals surface area contributed by atoms with Gasteiger partial charge in [0.2, 0.25) is 0 Å². The summed E-state index contributed by atoms with van der Waals surface area (Å²) in [5.41, 5.74) is 23.4. The Labute approximate surface area is 409 Å². The van der Waals surface area contributed by atoms with Gasteiger partial charge in [0.15, 0.2) is 0 Å². The van der Waals surface area contributed by atoms with Crippen LogP contribution in [0.4, 0.5) is 0 Å². The fraction of sp³-hybridized carbons (Fsp3) is 0.229. The first-order valence-corrected chi connectivity index (χ1v) is 26.9. The van der Waals surface area contributed by atoms with Crippen LogP contribution in [0.2, 0.25) is 0 Å². The topological polar surface area (TPSA) is 0 Å². The normalized spacial score (nSPS) is 13.0. The molecule has 4 aliphatic rings. The van der Waals surface area contributed by atoms with Crippen LogP contribution in [-0.2, 0) is 51.4 Å². The molecule has 0 aromatic heterocycles. The van der Waals surface area contributed by atoms with E-state index >= 15 is 0 Å². The zero-order chi connectivity index (χ0) is 47.2. The molecule has 0 heterocycles. The molecule has 0 fully saturated rings. The molecule has 0 atom stereocenters. The van der Waals surface area contributed by atoms with Crippen molar-refractivity contribution in [3.8, 4) is 44.5 Å². The minimum atomic E-state index is 0.988. The Morgan fingerprint density at radius 2 is 0.571 bits per heavy atom. The van der Waals surface area contributed by atoms with Gasteiger partial charge in [-0.1, -0.05) is 128 Å². The second-order valence-corrected chi connectivity index (χ2v) is 21.1. The zero-order valence-electron chi connectivity index (χ0n) is 42.0. The number of hydrogen-bond donors (Lipinski definition) is 0. The maximum atomic E-state index is 2.67. The van der Waals surface area contributed by atoms with E-state index in [2.05, 4.69) is 165 Å². The van der Waals surface area contributed by atoms with Gasteiger partial charge < -0.3 is 0 Å². The second-order valence-electron chi connectivity index (χ2n) is 21.1. The molecule has 0 N–H and O–H groups in total. The Morgan fingerprint density at radius 1 is 0.243 bits per heavy atom. The van der Waals surface area contributed by atoms with E-state index in [1.807, 2.05) is 0 Å². The summed E-state index contributed by atoms with van der Waals surface area (Å²) in [5, 5.41) is 28.5. The van der Waals surface area contributed by atoms with Crippen LogP contribution in [-0.4, -0.2) is 0 Å². The molecular formula is C70H58. The Hall–Kier alpha value is -7.02. The van der Waals surface area contributed by atoms with Crippen molar-refractivity contribution in [3.63, 3.8) is 0 Å². The first kappa shape index (κ1) is 40.8. The van der Waals surface area contributed by atoms with Gasteiger partial charge in [-0.2, -0.15) is 0 Å². The van der Waals surface area contributed by atoms with Gasteiger partial charge >= 0.3 is 0 Å². The highest BCUT2D eigenvalue weighted by atomic mass is 14.4. The minimum Gasteiger partial charge on any atom is -0.0613 e. The molecule has 0 spiro atoms. The van der Waals surface area contributed by atoms with E-state index in [4.69, 9.17) is 0 Å². The van der Waals surface area contributed by atoms with E-state index in [9.17, 15) is 0 Å². The standard InChI is InChI=1S/C70H58/c1-9-35-25-39-29-55-47-17-21-51-63-43(13-5)59-33-61-45(15-7)65-53-23-19-49-57-31-41-27-37(11-3)38(12-4)28-42(41)32-58(57)50-20-24-54(70(53)68(49)50)66(65)46(16-8)62(61)34-60(59)44(14-6)64(63)52-22-18-48(67(47)69(51)52)56(55)30-40(39)26-36(35)10-2/h17-34H,9-16H2,1-8H3. The fourth-order valence-electron chi connectivity index (χ4n) is 15.2. The molecule has 11 aromatic carbocycles. The Morgan fingerprint density at radius 3 is 0.957 bits per heavy atom. The Bertz CT molecular complexity index is 4480. The van der Waals surface area contributed by atoms with Crippen molar-refractivity contribution < 1.29 is 0 Å². The van der Waals surface area contributed by atoms with Crippen LogP contribution >= 0.6 is 0 Å². The molecule has 0 amide bonds. The molecule has 15 rings (SSSR count). The number of aryl methyl sites for hydroxylation is 8. The van der Waals surface area contributed by atoms with Crippen molar-refractivity contribution in [1.29, 1.82) is 0 Å². The SMILES string of the molecule is CCc1cc2cc3c(cc2cc1CC)-c1ccc2c4c(ccc-3c14)-c1c-2c(CC)c2cc3c(CC)c4c(c(CC)c3cc2c1CC)=c1ccc2c3c(ccc=4c13)=c1cc3cc(CC)c(CC)cc3cc1=2. The molecule has 0 heteroatoms. The molecule has 0 saturated carbocycles. The van der Waals surface area contributed by atoms with Gasteiger partial charge in [0, 0.05) is 0 Å². The molecule has 0 nitrogen and oxygen atoms in total. The van der Waals surface area contributed by atoms with Crippen LogP contribution in [0.5, 0.6) is 0 Å². The average molecular weight is 899 g/mol. The Kier molecular flexibility index (Phi) is 8.34. The van der Waals surface area contributed by atoms with Gasteiger partial charge in [-0.05, 0) is 283 Å². The van der Waals surface area contributed by atoms with Crippen molar-refractivity contribution in [3.05, 3.63) is 195 Å². The van der Waals surface area contributed by atoms with Gasteiger partial charge in [0.25, 0.3) is 0 Å². The number of rotatable bonds is 8. The lowest BCUT2D eigenvalue weighted by atomic mass is 9.82. The van der Waals surface area contributed by atoms with Gasteiger partial charge in [-0.25, -0.2) is 0 Å². The highest BCUT2D eigenvalue weighted by molar-refractivity contribution is 6.29. The van der Waals surface area contributed by atoms with Crippen LogP contribution in [0.15, 0.2) is 109 Å². The number of benzene rings is 11. The molecule has 0 unspecified atom stereocenters. The van der Waals surface area contributed by atoms with Crippen molar-refractivity contribution in [2.24, 2.45) is 0 Å². The predicted molar refractivity (Wildman–Crippen MR) is 299 cm³/mol. The van der Waals surface area contributed by atoms with E-state index in [1.165, 1.54) is 195 Å². The molecule has 0 aliphatic heterocycles. The molecule has 0 radical (unpaired) electrons. The lowest BCUT2D eigenvalue weighted by Gasteiger charge is -2.21. The van der Waals surface area contributed by atoms with E-state index in [0.29, 0.717) is 0 Å². The maximum Gasteiger partial charge on any atom is -0.00137 e. The maximum absolute atomic E-state index is 2.67. The first-order chi connectivity index (χ1) is 34.4. The van der Waals surface area contributed by atoms with Crippen LogP contribution in [0.25, 0.3) is 109 Å². The largest absolute Gasteiger partial charge is 0.0613 e. The summed E-state index contributed by atoms with van der Waals surface area (Å²) in [7, 11) is 0. The molecular weight excluding hydrogens is 841 g/mol. The highest BCUT2D eigenvalue weighted by Gasteiger charge is 2.34. The van der Waals surface area contributed by atoms with Crippen molar-refractivity contribution in [2.75, 3.05) is 0 Å². The van der Waals surface area contributed by atoms with Gasteiger partial charge in [0.05, 0.1) is 0 Å². The predicted octanol–water partition coefficient (Wildman–Crippen LogP) is 18.2. The van der Waals surface area contributed by atoms with Crippen LogP contribution < -0.4 is 0 Å². The zero-order valence-corrected chi connectivity index (χ0v) is 42.0. The summed E-state index contributed by atoms with van der Waals surface area (Å²) in [4.78, 5) is 0. The van der Waals surface area contributed by atoms with Crippen molar-refractivity contribution in [1.82, 2.24) is 0 Å². The van der Waals surface area contributed by atoms with E-state index < -0.39 is 0 Å². The second kappa shape index (κ2) is 14.3. The third kappa shape index (κ3) is 4.84. The molecule has 0 bridgehead atoms. The van der Waals surface area contributed by atoms with Crippen LogP contribution in [0, 0.1) is 41.7 Å². The van der Waals surface area contributed by atoms with Crippen molar-refractivity contribution in [2.45, 2.75) is 107 Å². The number of hydrogen-bond acceptors (Lipinski definition) is 0. The van der Waals surface area contributed by atoms with E-state index in [0.717, 1.165) is 51.4 Å². The van der Waals surface area contributed by atoms with Gasteiger partial charge in [-0.15, -0.1) is 0 Å². The first-order valence-electron chi connectivity index (χ1n) is 26.9. The lowest BCUT2D eigenvalue weighted by molar-refractivity contribution is 1.04. The smallest absolute Gasteiger partial charge is 0.00137 e. The molecule has 338 valence electrons. The van der Waals surface area contributed by atoms with Crippen molar-refractivity contribution >= 4 is 64.6 Å². The van der Waals surface area contributed by atoms with Gasteiger partial charge in [-0.3, -0.25) is 0 Å². The van der Waals surface area contributed by atoms with E-state index in [1.54, 1.807) is 0 Å². The summed E-state index contributed by atoms with van der Waals surface area (Å²) in [6, 6.07) is 45.1. The molecule has 70 heavy (non-hydrogen) atoms. The highest BCUT2D eigenvalue weighted by Crippen LogP contribution is 2.59. The quantitative estimate of drug-likeness (QED) is 0.133. The summed E-state index contributed by atoms with van der Waals surface area (Å²) in [6.45, 7) is 18.8. The summed E-state index contributed by atoms with van der Waals surface area (Å²) >= 11 is 0. The monoisotopic (exact) mass is 898 g/mol. The van der Waals surface area contributed by atoms with Gasteiger partial charge in [0.1, 0.15) is 0 Å². The van der Waals surface area contributed by atoms with Crippen LogP contribution in [0.1, 0.15) is 99.9 Å². The third-order valence-corrected chi connectivity index (χ3v) is 18.3. The summed E-state index contributed by atoms with van der Waals surface area (Å²) in [5.74, 6) is 0.